The van der Waals surface area contributed by atoms with Gasteiger partial charge in [0.05, 0.1) is 0 Å². The zero-order chi connectivity index (χ0) is 19.0. The lowest BCUT2D eigenvalue weighted by Crippen LogP contribution is -2.48. The summed E-state index contributed by atoms with van der Waals surface area (Å²) in [7, 11) is 1.84. The maximum Gasteiger partial charge on any atom is 0.191 e. The fourth-order valence-electron chi connectivity index (χ4n) is 3.74. The van der Waals surface area contributed by atoms with Gasteiger partial charge < -0.3 is 15.4 Å². The van der Waals surface area contributed by atoms with Gasteiger partial charge in [-0.2, -0.15) is 0 Å². The molecule has 1 atom stereocenters. The van der Waals surface area contributed by atoms with Crippen LogP contribution < -0.4 is 10.6 Å². The first-order chi connectivity index (χ1) is 13.2. The van der Waals surface area contributed by atoms with Gasteiger partial charge in [0.2, 0.25) is 0 Å². The molecule has 2 N–H and O–H groups in total. The van der Waals surface area contributed by atoms with E-state index in [0.29, 0.717) is 5.92 Å². The molecule has 2 aromatic carbocycles. The monoisotopic (exact) mass is 365 g/mol. The van der Waals surface area contributed by atoms with Crippen LogP contribution in [0.1, 0.15) is 36.8 Å². The predicted octanol–water partition coefficient (Wildman–Crippen LogP) is 3.70. The number of nitrogens with one attached hydrogen (secondary N) is 2. The lowest BCUT2D eigenvalue weighted by molar-refractivity contribution is 0.0514. The molecule has 1 unspecified atom stereocenters. The molecule has 0 bridgehead atoms. The van der Waals surface area contributed by atoms with E-state index in [1.54, 1.807) is 0 Å². The van der Waals surface area contributed by atoms with Crippen molar-refractivity contribution in [3.8, 4) is 0 Å². The minimum absolute atomic E-state index is 0.0994. The molecule has 1 fully saturated rings. The molecule has 4 nitrogen and oxygen atoms in total. The summed E-state index contributed by atoms with van der Waals surface area (Å²) in [6.07, 6.45) is 2.06. The first-order valence-corrected chi connectivity index (χ1v) is 9.86. The Balaban J connectivity index is 1.60. The maximum absolute atomic E-state index is 5.63. The van der Waals surface area contributed by atoms with Crippen molar-refractivity contribution in [3.05, 3.63) is 71.8 Å². The molecular formula is C23H31N3O. The summed E-state index contributed by atoms with van der Waals surface area (Å²) in [5.41, 5.74) is 2.82. The van der Waals surface area contributed by atoms with Crippen molar-refractivity contribution in [2.24, 2.45) is 4.99 Å². The van der Waals surface area contributed by atoms with Crippen LogP contribution in [0.4, 0.5) is 0 Å². The summed E-state index contributed by atoms with van der Waals surface area (Å²) in [6, 6.07) is 21.4. The molecule has 0 aromatic heterocycles. The van der Waals surface area contributed by atoms with Crippen LogP contribution in [0.5, 0.6) is 0 Å². The van der Waals surface area contributed by atoms with Gasteiger partial charge in [-0.05, 0) is 29.9 Å². The Morgan fingerprint density at radius 3 is 2.26 bits per heavy atom. The van der Waals surface area contributed by atoms with Crippen molar-refractivity contribution in [1.82, 2.24) is 10.6 Å². The summed E-state index contributed by atoms with van der Waals surface area (Å²) in [4.78, 5) is 4.43. The SMILES string of the molecule is CN=C(NCC(C)c1ccccc1)NCC1(c2ccccc2)CCOCC1. The number of benzene rings is 2. The summed E-state index contributed by atoms with van der Waals surface area (Å²) in [5.74, 6) is 1.29. The number of ether oxygens (including phenoxy) is 1. The highest BCUT2D eigenvalue weighted by atomic mass is 16.5. The van der Waals surface area contributed by atoms with Gasteiger partial charge in [-0.3, -0.25) is 4.99 Å². The van der Waals surface area contributed by atoms with E-state index in [0.717, 1.165) is 45.1 Å². The summed E-state index contributed by atoms with van der Waals surface area (Å²) < 4.78 is 5.63. The summed E-state index contributed by atoms with van der Waals surface area (Å²) in [5, 5.41) is 7.05. The summed E-state index contributed by atoms with van der Waals surface area (Å²) in [6.45, 7) is 5.58. The van der Waals surface area contributed by atoms with Crippen LogP contribution in [0.3, 0.4) is 0 Å². The highest BCUT2D eigenvalue weighted by Gasteiger charge is 2.34. The third-order valence-corrected chi connectivity index (χ3v) is 5.60. The minimum Gasteiger partial charge on any atom is -0.381 e. The summed E-state index contributed by atoms with van der Waals surface area (Å²) >= 11 is 0. The average molecular weight is 366 g/mol. The van der Waals surface area contributed by atoms with E-state index >= 15 is 0 Å². The average Bonchev–Trinajstić information content (AvgIpc) is 2.75. The normalized spacial score (nSPS) is 17.9. The van der Waals surface area contributed by atoms with E-state index in [9.17, 15) is 0 Å². The quantitative estimate of drug-likeness (QED) is 0.606. The van der Waals surface area contributed by atoms with Gasteiger partial charge in [-0.15, -0.1) is 0 Å². The zero-order valence-electron chi connectivity index (χ0n) is 16.4. The molecule has 4 heteroatoms. The first kappa shape index (κ1) is 19.4. The van der Waals surface area contributed by atoms with Gasteiger partial charge >= 0.3 is 0 Å². The van der Waals surface area contributed by atoms with Crippen LogP contribution in [-0.2, 0) is 10.2 Å². The lowest BCUT2D eigenvalue weighted by Gasteiger charge is -2.38. The number of hydrogen-bond donors (Lipinski definition) is 2. The lowest BCUT2D eigenvalue weighted by atomic mass is 9.74. The Hall–Kier alpha value is -2.33. The molecule has 144 valence electrons. The van der Waals surface area contributed by atoms with Crippen molar-refractivity contribution in [2.45, 2.75) is 31.1 Å². The molecule has 2 aromatic rings. The van der Waals surface area contributed by atoms with Crippen LogP contribution in [-0.4, -0.2) is 39.3 Å². The van der Waals surface area contributed by atoms with Crippen molar-refractivity contribution in [1.29, 1.82) is 0 Å². The van der Waals surface area contributed by atoms with Crippen molar-refractivity contribution < 1.29 is 4.74 Å². The van der Waals surface area contributed by atoms with Crippen molar-refractivity contribution in [2.75, 3.05) is 33.4 Å². The van der Waals surface area contributed by atoms with E-state index in [2.05, 4.69) is 83.2 Å². The molecule has 0 aliphatic carbocycles. The van der Waals surface area contributed by atoms with Gasteiger partial charge in [-0.25, -0.2) is 0 Å². The molecule has 1 aliphatic rings. The van der Waals surface area contributed by atoms with Crippen LogP contribution in [0, 0.1) is 0 Å². The number of nitrogens with zero attached hydrogens (tertiary/aromatic N) is 1. The van der Waals surface area contributed by atoms with Crippen LogP contribution in [0.2, 0.25) is 0 Å². The Kier molecular flexibility index (Phi) is 6.88. The molecule has 1 aliphatic heterocycles. The molecular weight excluding hydrogens is 334 g/mol. The standard InChI is InChI=1S/C23H31N3O/c1-19(20-9-5-3-6-10-20)17-25-22(24-2)26-18-23(13-15-27-16-14-23)21-11-7-4-8-12-21/h3-12,19H,13-18H2,1-2H3,(H2,24,25,26). The second-order valence-electron chi connectivity index (χ2n) is 7.38. The van der Waals surface area contributed by atoms with Gasteiger partial charge in [0.15, 0.2) is 5.96 Å². The fraction of sp³-hybridized carbons (Fsp3) is 0.435. The Morgan fingerprint density at radius 2 is 1.63 bits per heavy atom. The van der Waals surface area contributed by atoms with E-state index < -0.39 is 0 Å². The van der Waals surface area contributed by atoms with Crippen LogP contribution in [0.15, 0.2) is 65.7 Å². The predicted molar refractivity (Wildman–Crippen MR) is 112 cm³/mol. The Labute approximate surface area is 163 Å². The molecule has 0 amide bonds. The van der Waals surface area contributed by atoms with E-state index in [4.69, 9.17) is 4.74 Å². The topological polar surface area (TPSA) is 45.7 Å². The van der Waals surface area contributed by atoms with Crippen molar-refractivity contribution in [3.63, 3.8) is 0 Å². The highest BCUT2D eigenvalue weighted by Crippen LogP contribution is 2.34. The van der Waals surface area contributed by atoms with E-state index in [1.807, 2.05) is 7.05 Å². The van der Waals surface area contributed by atoms with Crippen LogP contribution >= 0.6 is 0 Å². The second-order valence-corrected chi connectivity index (χ2v) is 7.38. The van der Waals surface area contributed by atoms with Crippen LogP contribution in [0.25, 0.3) is 0 Å². The van der Waals surface area contributed by atoms with Gasteiger partial charge in [0, 0.05) is 38.8 Å². The Morgan fingerprint density at radius 1 is 1.00 bits per heavy atom. The number of rotatable bonds is 6. The third kappa shape index (κ3) is 5.10. The van der Waals surface area contributed by atoms with E-state index in [-0.39, 0.29) is 5.41 Å². The molecule has 1 heterocycles. The first-order valence-electron chi connectivity index (χ1n) is 9.86. The minimum atomic E-state index is 0.0994. The highest BCUT2D eigenvalue weighted by molar-refractivity contribution is 5.79. The van der Waals surface area contributed by atoms with Gasteiger partial charge in [0.25, 0.3) is 0 Å². The third-order valence-electron chi connectivity index (χ3n) is 5.60. The number of aliphatic imine (C=N–C) groups is 1. The molecule has 0 radical (unpaired) electrons. The Bertz CT molecular complexity index is 709. The molecule has 27 heavy (non-hydrogen) atoms. The van der Waals surface area contributed by atoms with Crippen molar-refractivity contribution >= 4 is 5.96 Å². The number of hydrogen-bond acceptors (Lipinski definition) is 2. The molecule has 0 saturated carbocycles. The van der Waals surface area contributed by atoms with Gasteiger partial charge in [-0.1, -0.05) is 67.6 Å². The fourth-order valence-corrected chi connectivity index (χ4v) is 3.74. The van der Waals surface area contributed by atoms with Gasteiger partial charge in [0.1, 0.15) is 0 Å². The zero-order valence-corrected chi connectivity index (χ0v) is 16.4. The molecule has 3 rings (SSSR count). The maximum atomic E-state index is 5.63. The second kappa shape index (κ2) is 9.56. The largest absolute Gasteiger partial charge is 0.381 e. The molecule has 1 saturated heterocycles. The molecule has 0 spiro atoms. The van der Waals surface area contributed by atoms with E-state index in [1.165, 1.54) is 11.1 Å². The number of guanidine groups is 1. The smallest absolute Gasteiger partial charge is 0.191 e.